The molecule has 19 heavy (non-hydrogen) atoms. The maximum atomic E-state index is 6.77. The van der Waals surface area contributed by atoms with Crippen LogP contribution in [0.1, 0.15) is 40.0 Å². The molecule has 0 N–H and O–H groups in total. The van der Waals surface area contributed by atoms with E-state index in [1.807, 2.05) is 0 Å². The molecule has 4 heteroatoms. The summed E-state index contributed by atoms with van der Waals surface area (Å²) in [5.74, 6) is 3.51. The van der Waals surface area contributed by atoms with Gasteiger partial charge in [-0.1, -0.05) is 13.3 Å². The van der Waals surface area contributed by atoms with Crippen LogP contribution in [-0.4, -0.2) is 32.1 Å². The van der Waals surface area contributed by atoms with Gasteiger partial charge in [0.25, 0.3) is 0 Å². The number of rotatable bonds is 3. The molecule has 0 radical (unpaired) electrons. The molecule has 5 rings (SSSR count). The summed E-state index contributed by atoms with van der Waals surface area (Å²) in [4.78, 5) is 2.88. The lowest BCUT2D eigenvalue weighted by molar-refractivity contribution is -0.138. The molecule has 0 aromatic heterocycles. The highest BCUT2D eigenvalue weighted by atomic mass is 32.2. The van der Waals surface area contributed by atoms with Gasteiger partial charge in [-0.05, 0) is 38.5 Å². The van der Waals surface area contributed by atoms with Crippen molar-refractivity contribution in [3.05, 3.63) is 0 Å². The number of hydrogen-bond acceptors (Lipinski definition) is 4. The summed E-state index contributed by atoms with van der Waals surface area (Å²) in [7, 11) is 0. The molecule has 4 heterocycles. The Balaban J connectivity index is 1.61. The SMILES string of the molecule is CCCCN1C2SC3SC4(C)OC1(C)C1C2CC3C14. The maximum Gasteiger partial charge on any atom is 0.125 e. The number of ether oxygens (including phenoxy) is 1. The van der Waals surface area contributed by atoms with Crippen LogP contribution in [0, 0.1) is 23.7 Å². The van der Waals surface area contributed by atoms with E-state index in [-0.39, 0.29) is 10.7 Å². The summed E-state index contributed by atoms with van der Waals surface area (Å²) >= 11 is 4.45. The second kappa shape index (κ2) is 3.50. The highest BCUT2D eigenvalue weighted by Gasteiger charge is 2.79. The van der Waals surface area contributed by atoms with Crippen LogP contribution in [0.2, 0.25) is 0 Å². The normalized spacial score (nSPS) is 64.6. The molecule has 0 aromatic rings. The Kier molecular flexibility index (Phi) is 2.25. The van der Waals surface area contributed by atoms with Gasteiger partial charge in [-0.15, -0.1) is 23.5 Å². The van der Waals surface area contributed by atoms with E-state index in [1.54, 1.807) is 0 Å². The first-order valence-electron chi connectivity index (χ1n) is 7.89. The van der Waals surface area contributed by atoms with Crippen molar-refractivity contribution >= 4 is 23.5 Å². The van der Waals surface area contributed by atoms with Gasteiger partial charge in [0.05, 0.1) is 9.96 Å². The molecule has 5 fully saturated rings. The molecule has 0 aromatic carbocycles. The van der Waals surface area contributed by atoms with Crippen LogP contribution in [-0.2, 0) is 4.74 Å². The Labute approximate surface area is 124 Å². The molecular weight excluding hydrogens is 274 g/mol. The molecular formula is C15H23NOS2. The lowest BCUT2D eigenvalue weighted by Crippen LogP contribution is -2.50. The molecule has 1 saturated carbocycles. The van der Waals surface area contributed by atoms with Crippen molar-refractivity contribution in [2.24, 2.45) is 23.7 Å². The van der Waals surface area contributed by atoms with Crippen molar-refractivity contribution in [2.45, 2.75) is 60.6 Å². The Morgan fingerprint density at radius 2 is 2.11 bits per heavy atom. The molecule has 2 bridgehead atoms. The van der Waals surface area contributed by atoms with E-state index < -0.39 is 0 Å². The zero-order chi connectivity index (χ0) is 13.0. The van der Waals surface area contributed by atoms with Crippen LogP contribution in [0.25, 0.3) is 0 Å². The van der Waals surface area contributed by atoms with Crippen molar-refractivity contribution < 1.29 is 4.74 Å². The molecule has 0 amide bonds. The zero-order valence-electron chi connectivity index (χ0n) is 12.0. The Morgan fingerprint density at radius 1 is 1.26 bits per heavy atom. The number of nitrogens with zero attached hydrogens (tertiary/aromatic N) is 1. The number of thioether (sulfide) groups is 2. The molecule has 1 aliphatic carbocycles. The van der Waals surface area contributed by atoms with E-state index in [0.717, 1.165) is 33.6 Å². The monoisotopic (exact) mass is 297 g/mol. The van der Waals surface area contributed by atoms with E-state index in [1.165, 1.54) is 25.8 Å². The van der Waals surface area contributed by atoms with E-state index in [4.69, 9.17) is 4.74 Å². The van der Waals surface area contributed by atoms with Gasteiger partial charge >= 0.3 is 0 Å². The van der Waals surface area contributed by atoms with Crippen molar-refractivity contribution in [1.82, 2.24) is 4.90 Å². The lowest BCUT2D eigenvalue weighted by atomic mass is 9.83. The summed E-state index contributed by atoms with van der Waals surface area (Å²) in [6, 6.07) is 0. The van der Waals surface area contributed by atoms with Gasteiger partial charge in [-0.2, -0.15) is 0 Å². The highest BCUT2D eigenvalue weighted by molar-refractivity contribution is 8.18. The fourth-order valence-corrected chi connectivity index (χ4v) is 10.4. The third-order valence-corrected chi connectivity index (χ3v) is 9.98. The molecule has 8 atom stereocenters. The molecule has 2 nitrogen and oxygen atoms in total. The minimum absolute atomic E-state index is 0.0457. The van der Waals surface area contributed by atoms with Crippen molar-refractivity contribution in [2.75, 3.05) is 6.54 Å². The van der Waals surface area contributed by atoms with Crippen LogP contribution in [0.15, 0.2) is 0 Å². The van der Waals surface area contributed by atoms with E-state index >= 15 is 0 Å². The van der Waals surface area contributed by atoms with Gasteiger partial charge in [-0.25, -0.2) is 0 Å². The average molecular weight is 297 g/mol. The number of hydrogen-bond donors (Lipinski definition) is 0. The quantitative estimate of drug-likeness (QED) is 0.789. The molecule has 8 unspecified atom stereocenters. The summed E-state index contributed by atoms with van der Waals surface area (Å²) < 4.78 is 7.59. The Morgan fingerprint density at radius 3 is 2.89 bits per heavy atom. The Bertz CT molecular complexity index is 446. The van der Waals surface area contributed by atoms with Gasteiger partial charge in [-0.3, -0.25) is 4.90 Å². The minimum atomic E-state index is 0.0457. The minimum Gasteiger partial charge on any atom is -0.343 e. The second-order valence-electron chi connectivity index (χ2n) is 7.35. The van der Waals surface area contributed by atoms with Gasteiger partial charge < -0.3 is 4.74 Å². The van der Waals surface area contributed by atoms with Gasteiger partial charge in [0.2, 0.25) is 0 Å². The van der Waals surface area contributed by atoms with Gasteiger partial charge in [0.1, 0.15) is 10.7 Å². The second-order valence-corrected chi connectivity index (χ2v) is 10.5. The lowest BCUT2D eigenvalue weighted by Gasteiger charge is -2.44. The Hall–Kier alpha value is 0.620. The summed E-state index contributed by atoms with van der Waals surface area (Å²) in [5.41, 5.74) is 0.0457. The zero-order valence-corrected chi connectivity index (χ0v) is 13.6. The molecule has 106 valence electrons. The molecule has 4 saturated heterocycles. The summed E-state index contributed by atoms with van der Waals surface area (Å²) in [6.07, 6.45) is 4.10. The van der Waals surface area contributed by atoms with Crippen LogP contribution in [0.3, 0.4) is 0 Å². The van der Waals surface area contributed by atoms with E-state index in [0.29, 0.717) is 0 Å². The predicted molar refractivity (Wildman–Crippen MR) is 80.8 cm³/mol. The average Bonchev–Trinajstić information content (AvgIpc) is 2.95. The third-order valence-electron chi connectivity index (χ3n) is 6.46. The smallest absolute Gasteiger partial charge is 0.125 e. The third kappa shape index (κ3) is 1.19. The topological polar surface area (TPSA) is 12.5 Å². The highest BCUT2D eigenvalue weighted by Crippen LogP contribution is 2.79. The van der Waals surface area contributed by atoms with Crippen LogP contribution in [0.5, 0.6) is 0 Å². The van der Waals surface area contributed by atoms with Crippen LogP contribution in [0.4, 0.5) is 0 Å². The fourth-order valence-electron chi connectivity index (χ4n) is 5.98. The van der Waals surface area contributed by atoms with E-state index in [2.05, 4.69) is 49.2 Å². The first-order chi connectivity index (χ1) is 9.08. The predicted octanol–water partition coefficient (Wildman–Crippen LogP) is 3.58. The van der Waals surface area contributed by atoms with Crippen LogP contribution < -0.4 is 0 Å². The van der Waals surface area contributed by atoms with Crippen molar-refractivity contribution in [1.29, 1.82) is 0 Å². The molecule has 4 aliphatic heterocycles. The van der Waals surface area contributed by atoms with E-state index in [9.17, 15) is 0 Å². The first kappa shape index (κ1) is 12.2. The first-order valence-corrected chi connectivity index (χ1v) is 9.71. The maximum absolute atomic E-state index is 6.77. The fraction of sp³-hybridized carbons (Fsp3) is 1.00. The van der Waals surface area contributed by atoms with Gasteiger partial charge in [0, 0.05) is 18.4 Å². The summed E-state index contributed by atoms with van der Waals surface area (Å²) in [6.45, 7) is 8.34. The molecule has 0 spiro atoms. The number of likely N-dealkylation sites (tertiary alicyclic amines) is 1. The van der Waals surface area contributed by atoms with Crippen LogP contribution >= 0.6 is 23.5 Å². The van der Waals surface area contributed by atoms with Gasteiger partial charge in [0.15, 0.2) is 0 Å². The number of unbranched alkanes of at least 4 members (excludes halogenated alkanes) is 1. The molecule has 5 aliphatic rings. The summed E-state index contributed by atoms with van der Waals surface area (Å²) in [5, 5.41) is 0.755. The van der Waals surface area contributed by atoms with Crippen molar-refractivity contribution in [3.63, 3.8) is 0 Å². The largest absolute Gasteiger partial charge is 0.343 e. The standard InChI is InChI=1S/C15H23NOS2/c1-4-5-6-16-12-8-7-9-11-10(8)14(16,2)17-15(11,3)19-13(9)18-12/h8-13H,4-7H2,1-3H3. The van der Waals surface area contributed by atoms with Crippen molar-refractivity contribution in [3.8, 4) is 0 Å².